The molecule has 3 rings (SSSR count). The van der Waals surface area contributed by atoms with Gasteiger partial charge < -0.3 is 4.74 Å². The number of fused-ring (bicyclic) bond motifs is 2. The lowest BCUT2D eigenvalue weighted by Crippen LogP contribution is -2.50. The van der Waals surface area contributed by atoms with Crippen LogP contribution in [0.3, 0.4) is 0 Å². The van der Waals surface area contributed by atoms with Gasteiger partial charge in [-0.2, -0.15) is 0 Å². The maximum Gasteiger partial charge on any atom is 0.331 e. The maximum atomic E-state index is 12.1. The van der Waals surface area contributed by atoms with Crippen LogP contribution < -0.4 is 5.32 Å². The van der Waals surface area contributed by atoms with Crippen LogP contribution in [0.15, 0.2) is 30.3 Å². The van der Waals surface area contributed by atoms with Crippen molar-refractivity contribution >= 4 is 11.8 Å². The fourth-order valence-corrected chi connectivity index (χ4v) is 2.64. The molecule has 2 fully saturated rings. The van der Waals surface area contributed by atoms with Gasteiger partial charge in [0, 0.05) is 25.7 Å². The van der Waals surface area contributed by atoms with Crippen LogP contribution in [0.2, 0.25) is 0 Å². The van der Waals surface area contributed by atoms with Crippen molar-refractivity contribution < 1.29 is 14.3 Å². The molecular weight excluding hydrogens is 244 g/mol. The number of carbonyl (C=O) groups excluding carboxylic acids is 2. The molecule has 0 amide bonds. The van der Waals surface area contributed by atoms with E-state index < -0.39 is 12.0 Å². The summed E-state index contributed by atoms with van der Waals surface area (Å²) < 4.78 is 5.26. The van der Waals surface area contributed by atoms with E-state index >= 15 is 0 Å². The number of rotatable bonds is 3. The van der Waals surface area contributed by atoms with Crippen molar-refractivity contribution in [2.45, 2.75) is 25.1 Å². The van der Waals surface area contributed by atoms with Crippen molar-refractivity contribution in [2.24, 2.45) is 0 Å². The number of nitrogens with zero attached hydrogens (tertiary/aromatic N) is 1. The normalized spacial score (nSPS) is 29.3. The molecule has 5 heteroatoms. The van der Waals surface area contributed by atoms with Crippen molar-refractivity contribution in [3.63, 3.8) is 0 Å². The van der Waals surface area contributed by atoms with Crippen LogP contribution in [0, 0.1) is 0 Å². The van der Waals surface area contributed by atoms with Gasteiger partial charge in [-0.15, -0.1) is 0 Å². The van der Waals surface area contributed by atoms with Gasteiger partial charge >= 0.3 is 5.97 Å². The molecule has 0 saturated carbocycles. The predicted octanol–water partition coefficient (Wildman–Crippen LogP) is 0.303. The van der Waals surface area contributed by atoms with Crippen molar-refractivity contribution in [3.8, 4) is 0 Å². The third-order valence-corrected chi connectivity index (χ3v) is 3.60. The van der Waals surface area contributed by atoms with Gasteiger partial charge in [-0.25, -0.2) is 4.79 Å². The van der Waals surface area contributed by atoms with E-state index in [4.69, 9.17) is 4.74 Å². The third kappa shape index (κ3) is 2.52. The van der Waals surface area contributed by atoms with Crippen LogP contribution in [0.4, 0.5) is 0 Å². The second-order valence-corrected chi connectivity index (χ2v) is 5.00. The van der Waals surface area contributed by atoms with E-state index in [9.17, 15) is 9.59 Å². The van der Waals surface area contributed by atoms with E-state index in [1.54, 1.807) is 0 Å². The summed E-state index contributed by atoms with van der Waals surface area (Å²) in [5.74, 6) is -0.477. The van der Waals surface area contributed by atoms with Crippen LogP contribution in [0.25, 0.3) is 0 Å². The summed E-state index contributed by atoms with van der Waals surface area (Å²) in [6.07, 6.45) is 0.418. The van der Waals surface area contributed by atoms with Gasteiger partial charge in [-0.05, 0) is 5.56 Å². The van der Waals surface area contributed by atoms with Gasteiger partial charge in [-0.1, -0.05) is 30.3 Å². The largest absolute Gasteiger partial charge is 0.459 e. The van der Waals surface area contributed by atoms with E-state index in [2.05, 4.69) is 5.32 Å². The zero-order valence-electron chi connectivity index (χ0n) is 10.5. The van der Waals surface area contributed by atoms with Crippen LogP contribution >= 0.6 is 0 Å². The number of ether oxygens (including phenoxy) is 1. The Bertz CT molecular complexity index is 489. The summed E-state index contributed by atoms with van der Waals surface area (Å²) in [5, 5.41) is 3.20. The monoisotopic (exact) mass is 260 g/mol. The Morgan fingerprint density at radius 1 is 1.37 bits per heavy atom. The molecule has 100 valence electrons. The number of Topliss-reactive ketones (excluding diaryl/α,β-unsaturated/α-hetero) is 1. The second-order valence-electron chi connectivity index (χ2n) is 5.00. The number of hydrogen-bond acceptors (Lipinski definition) is 5. The minimum absolute atomic E-state index is 0.0423. The predicted molar refractivity (Wildman–Crippen MR) is 68.1 cm³/mol. The lowest BCUT2D eigenvalue weighted by atomic mass is 9.99. The zero-order valence-corrected chi connectivity index (χ0v) is 10.5. The number of esters is 1. The molecule has 2 saturated heterocycles. The molecule has 2 aliphatic heterocycles. The molecular formula is C14H16N2O3. The molecule has 1 aromatic rings. The van der Waals surface area contributed by atoms with Gasteiger partial charge in [0.05, 0.1) is 0 Å². The van der Waals surface area contributed by atoms with Gasteiger partial charge in [-0.3, -0.25) is 15.0 Å². The van der Waals surface area contributed by atoms with Gasteiger partial charge in [0.15, 0.2) is 11.8 Å². The Morgan fingerprint density at radius 2 is 2.16 bits per heavy atom. The molecule has 19 heavy (non-hydrogen) atoms. The smallest absolute Gasteiger partial charge is 0.331 e. The second kappa shape index (κ2) is 5.11. The van der Waals surface area contributed by atoms with Crippen LogP contribution in [0.5, 0.6) is 0 Å². The van der Waals surface area contributed by atoms with E-state index in [0.29, 0.717) is 13.1 Å². The minimum atomic E-state index is -0.727. The lowest BCUT2D eigenvalue weighted by Gasteiger charge is -2.27. The van der Waals surface area contributed by atoms with E-state index in [-0.39, 0.29) is 18.4 Å². The lowest BCUT2D eigenvalue weighted by molar-refractivity contribution is -0.155. The van der Waals surface area contributed by atoms with Gasteiger partial charge in [0.2, 0.25) is 0 Å². The summed E-state index contributed by atoms with van der Waals surface area (Å²) in [5.41, 5.74) is 0.927. The number of ketones is 1. The van der Waals surface area contributed by atoms with Gasteiger partial charge in [0.25, 0.3) is 0 Å². The fraction of sp³-hybridized carbons (Fsp3) is 0.429. The first kappa shape index (κ1) is 12.3. The number of carbonyl (C=O) groups is 2. The summed E-state index contributed by atoms with van der Waals surface area (Å²) in [7, 11) is 0. The van der Waals surface area contributed by atoms with Crippen LogP contribution in [0.1, 0.15) is 12.0 Å². The quantitative estimate of drug-likeness (QED) is 0.626. The molecule has 0 spiro atoms. The Labute approximate surface area is 111 Å². The summed E-state index contributed by atoms with van der Waals surface area (Å²) in [6, 6.07) is 8.95. The Morgan fingerprint density at radius 3 is 2.95 bits per heavy atom. The first-order chi connectivity index (χ1) is 9.24. The Balaban J connectivity index is 1.62. The molecule has 2 aliphatic rings. The SMILES string of the molecule is O=C1CC2CN(CN2)C1C(=O)OCc1ccccc1. The molecule has 1 aromatic carbocycles. The highest BCUT2D eigenvalue weighted by molar-refractivity contribution is 6.04. The van der Waals surface area contributed by atoms with Crippen molar-refractivity contribution in [1.29, 1.82) is 0 Å². The topological polar surface area (TPSA) is 58.6 Å². The Kier molecular flexibility index (Phi) is 3.31. The summed E-state index contributed by atoms with van der Waals surface area (Å²) >= 11 is 0. The van der Waals surface area contributed by atoms with Crippen LogP contribution in [-0.4, -0.2) is 41.9 Å². The highest BCUT2D eigenvalue weighted by Crippen LogP contribution is 2.20. The molecule has 0 aromatic heterocycles. The molecule has 0 radical (unpaired) electrons. The molecule has 2 heterocycles. The highest BCUT2D eigenvalue weighted by atomic mass is 16.5. The molecule has 3 unspecified atom stereocenters. The van der Waals surface area contributed by atoms with E-state index in [1.165, 1.54) is 0 Å². The number of benzene rings is 1. The van der Waals surface area contributed by atoms with Crippen molar-refractivity contribution in [3.05, 3.63) is 35.9 Å². The molecule has 5 nitrogen and oxygen atoms in total. The number of piperidine rings is 1. The average Bonchev–Trinajstić information content (AvgIpc) is 2.80. The Hall–Kier alpha value is -1.72. The van der Waals surface area contributed by atoms with Crippen LogP contribution in [-0.2, 0) is 20.9 Å². The first-order valence-electron chi connectivity index (χ1n) is 6.45. The zero-order chi connectivity index (χ0) is 13.2. The average molecular weight is 260 g/mol. The standard InChI is InChI=1S/C14H16N2O3/c17-12-6-11-7-16(9-15-11)13(12)14(18)19-8-10-4-2-1-3-5-10/h1-5,11,13,15H,6-9H2. The molecule has 0 aliphatic carbocycles. The van der Waals surface area contributed by atoms with E-state index in [0.717, 1.165) is 12.1 Å². The fourth-order valence-electron chi connectivity index (χ4n) is 2.64. The number of hydrogen-bond donors (Lipinski definition) is 1. The highest BCUT2D eigenvalue weighted by Gasteiger charge is 2.43. The molecule has 1 N–H and O–H groups in total. The minimum Gasteiger partial charge on any atom is -0.459 e. The van der Waals surface area contributed by atoms with Crippen molar-refractivity contribution in [2.75, 3.05) is 13.2 Å². The third-order valence-electron chi connectivity index (χ3n) is 3.60. The first-order valence-corrected chi connectivity index (χ1v) is 6.45. The summed E-state index contributed by atoms with van der Waals surface area (Å²) in [4.78, 5) is 25.8. The molecule has 3 atom stereocenters. The van der Waals surface area contributed by atoms with Crippen molar-refractivity contribution in [1.82, 2.24) is 10.2 Å². The molecule has 2 bridgehead atoms. The number of nitrogens with one attached hydrogen (secondary N) is 1. The maximum absolute atomic E-state index is 12.1. The summed E-state index contributed by atoms with van der Waals surface area (Å²) in [6.45, 7) is 1.55. The van der Waals surface area contributed by atoms with E-state index in [1.807, 2.05) is 35.2 Å². The van der Waals surface area contributed by atoms with Gasteiger partial charge in [0.1, 0.15) is 6.61 Å².